The molecule has 3 aromatic carbocycles. The van der Waals surface area contributed by atoms with E-state index in [0.29, 0.717) is 38.8 Å². The number of fused-ring (bicyclic) bond motifs is 2. The number of nitrogens with zero attached hydrogens (tertiary/aromatic N) is 2. The molecule has 0 saturated heterocycles. The van der Waals surface area contributed by atoms with Crippen molar-refractivity contribution in [2.45, 2.75) is 90.4 Å². The molecule has 0 fully saturated rings. The van der Waals surface area contributed by atoms with Gasteiger partial charge in [0.15, 0.2) is 5.71 Å². The Morgan fingerprint density at radius 2 is 1.36 bits per heavy atom. The molecule has 2 aliphatic heterocycles. The van der Waals surface area contributed by atoms with Crippen LogP contribution in [0.15, 0.2) is 114 Å². The largest absolute Gasteiger partial charge is 1.00 e. The molecule has 0 saturated carbocycles. The average molecular weight is 805 g/mol. The molecule has 0 spiro atoms. The molecule has 2 heterocycles. The molecule has 3 aromatic rings. The molecule has 6 rings (SSSR count). The summed E-state index contributed by atoms with van der Waals surface area (Å²) in [7, 11) is -8.53. The quantitative estimate of drug-likeness (QED) is 0.0871. The first-order chi connectivity index (χ1) is 26.0. The first kappa shape index (κ1) is 44.0. The fourth-order valence-corrected chi connectivity index (χ4v) is 9.79. The van der Waals surface area contributed by atoms with Crippen LogP contribution in [0.4, 0.5) is 11.4 Å². The number of para-hydroxylation sites is 2. The standard InChI is InChI=1S/C45H54N2O6S2.Na/c1-33-17-6-7-20-36(33)43-34(25-27-41-44(2,3)37-21-8-10-23-39(37)46(41)29-12-14-31-54(48,49)50)18-16-19-35(43)26-28-42-45(4,5)38-22-9-11-24-40(38)47(42)30-13-15-32-55(51,52)53;/h6-11,17,20-28H,12-16,18-19,29-32H2,1-5H3,(H-,48,49,50,51,52,53);/q;+1/p-1. The number of hydrogen-bond donors (Lipinski definition) is 0. The zero-order valence-corrected chi connectivity index (χ0v) is 37.3. The van der Waals surface area contributed by atoms with Gasteiger partial charge in [0.2, 0.25) is 5.69 Å². The predicted molar refractivity (Wildman–Crippen MR) is 221 cm³/mol. The van der Waals surface area contributed by atoms with Gasteiger partial charge in [0.05, 0.1) is 25.7 Å². The van der Waals surface area contributed by atoms with Crippen molar-refractivity contribution in [3.63, 3.8) is 0 Å². The van der Waals surface area contributed by atoms with Crippen LogP contribution < -0.4 is 34.5 Å². The van der Waals surface area contributed by atoms with Crippen LogP contribution in [0.1, 0.15) is 94.9 Å². The minimum atomic E-state index is -4.26. The van der Waals surface area contributed by atoms with Gasteiger partial charge >= 0.3 is 29.6 Å². The number of benzene rings is 3. The molecule has 292 valence electrons. The second-order valence-electron chi connectivity index (χ2n) is 16.1. The number of aryl methyl sites for hydroxylation is 1. The molecule has 0 atom stereocenters. The Morgan fingerprint density at radius 3 is 2.05 bits per heavy atom. The number of hydrogen-bond acceptors (Lipinski definition) is 7. The summed E-state index contributed by atoms with van der Waals surface area (Å²) in [6, 6.07) is 25.3. The molecule has 0 unspecified atom stereocenters. The van der Waals surface area contributed by atoms with E-state index in [1.54, 1.807) is 0 Å². The van der Waals surface area contributed by atoms with Crippen molar-refractivity contribution in [3.8, 4) is 0 Å². The van der Waals surface area contributed by atoms with Crippen LogP contribution in [0, 0.1) is 6.92 Å². The first-order valence-electron chi connectivity index (χ1n) is 19.4. The van der Waals surface area contributed by atoms with Gasteiger partial charge in [-0.15, -0.1) is 0 Å². The summed E-state index contributed by atoms with van der Waals surface area (Å²) >= 11 is 0. The summed E-state index contributed by atoms with van der Waals surface area (Å²) in [6.45, 7) is 12.3. The van der Waals surface area contributed by atoms with Crippen LogP contribution in [0.2, 0.25) is 0 Å². The second-order valence-corrected chi connectivity index (χ2v) is 19.1. The van der Waals surface area contributed by atoms with Gasteiger partial charge in [-0.05, 0) is 105 Å². The summed E-state index contributed by atoms with van der Waals surface area (Å²) in [5.74, 6) is -0.719. The fourth-order valence-electron chi connectivity index (χ4n) is 8.68. The molecule has 0 aromatic heterocycles. The van der Waals surface area contributed by atoms with Gasteiger partial charge in [-0.1, -0.05) is 86.7 Å². The number of rotatable bonds is 14. The Labute approximate surface area is 356 Å². The van der Waals surface area contributed by atoms with E-state index in [1.807, 2.05) is 12.1 Å². The molecule has 0 radical (unpaired) electrons. The van der Waals surface area contributed by atoms with Crippen LogP contribution >= 0.6 is 0 Å². The van der Waals surface area contributed by atoms with Crippen LogP contribution in [0.5, 0.6) is 0 Å². The van der Waals surface area contributed by atoms with E-state index >= 15 is 0 Å². The first-order valence-corrected chi connectivity index (χ1v) is 22.5. The number of allylic oxidation sites excluding steroid dienone is 8. The maximum absolute atomic E-state index is 11.3. The van der Waals surface area contributed by atoms with Gasteiger partial charge in [-0.3, -0.25) is 0 Å². The van der Waals surface area contributed by atoms with Crippen molar-refractivity contribution in [1.82, 2.24) is 0 Å². The molecule has 11 heteroatoms. The maximum Gasteiger partial charge on any atom is 1.00 e. The zero-order valence-electron chi connectivity index (χ0n) is 33.7. The molecular formula is C45H53N2NaO6S2. The summed E-state index contributed by atoms with van der Waals surface area (Å²) in [5, 5.41) is 0. The number of unbranched alkanes of at least 4 members (excludes halogenated alkanes) is 2. The SMILES string of the molecule is Cc1ccccc1C1=C(C=CC2=[N+](CCCCS(=O)(=O)[O-])c3ccccc3C2(C)C)CCCC1=CC=C1N(CCCCS(=O)(=O)[O-])c2ccccc2C1(C)C.[Na+]. The third-order valence-corrected chi connectivity index (χ3v) is 13.1. The van der Waals surface area contributed by atoms with E-state index in [0.717, 1.165) is 42.0 Å². The van der Waals surface area contributed by atoms with E-state index < -0.39 is 20.2 Å². The monoisotopic (exact) mass is 804 g/mol. The third kappa shape index (κ3) is 9.77. The van der Waals surface area contributed by atoms with Crippen molar-refractivity contribution >= 4 is 42.9 Å². The molecule has 3 aliphatic rings. The van der Waals surface area contributed by atoms with Gasteiger partial charge in [0.25, 0.3) is 0 Å². The maximum atomic E-state index is 11.3. The van der Waals surface area contributed by atoms with Crippen molar-refractivity contribution in [2.24, 2.45) is 0 Å². The minimum absolute atomic E-state index is 0. The molecule has 56 heavy (non-hydrogen) atoms. The Balaban J connectivity index is 0.00000600. The summed E-state index contributed by atoms with van der Waals surface area (Å²) in [4.78, 5) is 2.29. The van der Waals surface area contributed by atoms with Crippen molar-refractivity contribution < 1.29 is 60.1 Å². The van der Waals surface area contributed by atoms with Gasteiger partial charge in [0, 0.05) is 59.0 Å². The van der Waals surface area contributed by atoms with Crippen molar-refractivity contribution in [2.75, 3.05) is 29.5 Å². The van der Waals surface area contributed by atoms with E-state index in [2.05, 4.69) is 129 Å². The second kappa shape index (κ2) is 17.8. The van der Waals surface area contributed by atoms with Gasteiger partial charge in [0.1, 0.15) is 6.54 Å². The van der Waals surface area contributed by atoms with E-state index in [4.69, 9.17) is 0 Å². The zero-order chi connectivity index (χ0) is 39.6. The summed E-state index contributed by atoms with van der Waals surface area (Å²) in [5.41, 5.74) is 12.5. The molecule has 8 nitrogen and oxygen atoms in total. The van der Waals surface area contributed by atoms with Crippen molar-refractivity contribution in [1.29, 1.82) is 0 Å². The average Bonchev–Trinajstić information content (AvgIpc) is 3.47. The molecule has 0 bridgehead atoms. The van der Waals surface area contributed by atoms with E-state index in [1.165, 1.54) is 39.0 Å². The normalized spacial score (nSPS) is 19.2. The van der Waals surface area contributed by atoms with Crippen LogP contribution in [-0.2, 0) is 31.1 Å². The van der Waals surface area contributed by atoms with Gasteiger partial charge in [-0.2, -0.15) is 4.58 Å². The molecule has 0 amide bonds. The molecule has 1 aliphatic carbocycles. The van der Waals surface area contributed by atoms with E-state index in [9.17, 15) is 25.9 Å². The van der Waals surface area contributed by atoms with Crippen LogP contribution in [0.3, 0.4) is 0 Å². The predicted octanol–water partition coefficient (Wildman–Crippen LogP) is 5.83. The Bertz CT molecular complexity index is 2340. The van der Waals surface area contributed by atoms with Gasteiger partial charge < -0.3 is 14.0 Å². The summed E-state index contributed by atoms with van der Waals surface area (Å²) in [6.07, 6.45) is 13.7. The molecular weight excluding hydrogens is 752 g/mol. The van der Waals surface area contributed by atoms with E-state index in [-0.39, 0.29) is 51.9 Å². The number of anilines is 1. The Hall–Kier alpha value is -3.09. The topological polar surface area (TPSA) is 121 Å². The van der Waals surface area contributed by atoms with Gasteiger partial charge in [-0.25, -0.2) is 16.8 Å². The third-order valence-electron chi connectivity index (χ3n) is 11.5. The van der Waals surface area contributed by atoms with Crippen molar-refractivity contribution in [3.05, 3.63) is 136 Å². The molecule has 0 N–H and O–H groups in total. The minimum Gasteiger partial charge on any atom is -0.748 e. The van der Waals surface area contributed by atoms with Crippen LogP contribution in [-0.4, -0.2) is 60.8 Å². The Morgan fingerprint density at radius 1 is 0.732 bits per heavy atom. The van der Waals surface area contributed by atoms with Crippen LogP contribution in [0.25, 0.3) is 5.57 Å². The summed E-state index contributed by atoms with van der Waals surface area (Å²) < 4.78 is 70.4. The fraction of sp³-hybridized carbons (Fsp3) is 0.400. The smallest absolute Gasteiger partial charge is 0.748 e. The Kier molecular flexibility index (Phi) is 14.0.